The monoisotopic (exact) mass is 431 g/mol. The van der Waals surface area contributed by atoms with E-state index in [1.807, 2.05) is 18.5 Å². The van der Waals surface area contributed by atoms with E-state index >= 15 is 0 Å². The van der Waals surface area contributed by atoms with Crippen molar-refractivity contribution in [2.24, 2.45) is 16.0 Å². The van der Waals surface area contributed by atoms with Crippen molar-refractivity contribution in [1.82, 2.24) is 15.7 Å². The topological polar surface area (TPSA) is 70.9 Å². The molecular formula is C26H33N5O. The Kier molecular flexibility index (Phi) is 6.88. The summed E-state index contributed by atoms with van der Waals surface area (Å²) in [5.41, 5.74) is 9.20. The number of pyridine rings is 1. The van der Waals surface area contributed by atoms with Gasteiger partial charge in [-0.1, -0.05) is 25.5 Å². The average Bonchev–Trinajstić information content (AvgIpc) is 3.30. The van der Waals surface area contributed by atoms with Crippen LogP contribution in [0.4, 0.5) is 0 Å². The highest BCUT2D eigenvalue weighted by atomic mass is 16.5. The van der Waals surface area contributed by atoms with E-state index < -0.39 is 0 Å². The van der Waals surface area contributed by atoms with Gasteiger partial charge in [-0.25, -0.2) is 4.98 Å². The van der Waals surface area contributed by atoms with Crippen LogP contribution in [0.15, 0.2) is 46.4 Å². The third-order valence-electron chi connectivity index (χ3n) is 6.49. The second kappa shape index (κ2) is 9.98. The maximum Gasteiger partial charge on any atom is 0.118 e. The van der Waals surface area contributed by atoms with Gasteiger partial charge in [0.1, 0.15) is 11.9 Å². The first-order valence-corrected chi connectivity index (χ1v) is 11.5. The van der Waals surface area contributed by atoms with Gasteiger partial charge in [-0.3, -0.25) is 4.99 Å². The van der Waals surface area contributed by atoms with E-state index in [1.165, 1.54) is 16.7 Å². The van der Waals surface area contributed by atoms with E-state index in [9.17, 15) is 0 Å². The highest BCUT2D eigenvalue weighted by Crippen LogP contribution is 2.35. The maximum atomic E-state index is 5.28. The summed E-state index contributed by atoms with van der Waals surface area (Å²) in [6.07, 6.45) is 20.6. The molecule has 0 amide bonds. The van der Waals surface area contributed by atoms with Crippen molar-refractivity contribution in [1.29, 1.82) is 0 Å². The fourth-order valence-electron chi connectivity index (χ4n) is 4.74. The van der Waals surface area contributed by atoms with Gasteiger partial charge in [-0.2, -0.15) is 5.10 Å². The number of rotatable bonds is 9. The van der Waals surface area contributed by atoms with Crippen molar-refractivity contribution in [2.45, 2.75) is 57.7 Å². The lowest BCUT2D eigenvalue weighted by Gasteiger charge is -2.26. The Labute approximate surface area is 191 Å². The summed E-state index contributed by atoms with van der Waals surface area (Å²) in [4.78, 5) is 9.31. The number of nitrogens with one attached hydrogen (secondary N) is 2. The van der Waals surface area contributed by atoms with Gasteiger partial charge in [0, 0.05) is 18.3 Å². The number of nitrogens with zero attached hydrogens (tertiary/aromatic N) is 3. The first kappa shape index (κ1) is 22.1. The Bertz CT molecular complexity index is 1000. The zero-order chi connectivity index (χ0) is 22.5. The minimum atomic E-state index is -0.0480. The van der Waals surface area contributed by atoms with E-state index in [4.69, 9.17) is 9.72 Å². The molecule has 4 atom stereocenters. The highest BCUT2D eigenvalue weighted by molar-refractivity contribution is 5.78. The van der Waals surface area contributed by atoms with Gasteiger partial charge < -0.3 is 15.5 Å². The van der Waals surface area contributed by atoms with Crippen LogP contribution in [-0.4, -0.2) is 37.2 Å². The van der Waals surface area contributed by atoms with Crippen molar-refractivity contribution < 1.29 is 4.74 Å². The zero-order valence-electron chi connectivity index (χ0n) is 19.2. The summed E-state index contributed by atoms with van der Waals surface area (Å²) in [5.74, 6) is 1.61. The van der Waals surface area contributed by atoms with Gasteiger partial charge >= 0.3 is 0 Å². The first-order valence-electron chi connectivity index (χ1n) is 11.5. The molecule has 3 aliphatic rings. The lowest BCUT2D eigenvalue weighted by Crippen LogP contribution is -2.28. The molecule has 6 nitrogen and oxygen atoms in total. The highest BCUT2D eigenvalue weighted by Gasteiger charge is 2.31. The summed E-state index contributed by atoms with van der Waals surface area (Å²) in [5, 5.41) is 7.70. The van der Waals surface area contributed by atoms with E-state index in [1.54, 1.807) is 7.11 Å². The van der Waals surface area contributed by atoms with Crippen molar-refractivity contribution >= 4 is 25.1 Å². The second-order valence-corrected chi connectivity index (χ2v) is 8.57. The Hall–Kier alpha value is -3.15. The standard InChI is InChI=1S/C26H33N5O/c1-5-6-20-17(2)26-21-16-29-31-23(21)11-12-24(26)30-22(20)13-14-28-25(27-3)15-18-7-9-19(32-4)10-8-18/h7,9-14,16,18,21,23,25,28,31H,3,5-6,8,15H2,1-2,4H3/b14-13+. The Balaban J connectivity index is 1.50. The van der Waals surface area contributed by atoms with Gasteiger partial charge in [0.15, 0.2) is 0 Å². The number of aliphatic imine (C=N–C) groups is 1. The fourth-order valence-corrected chi connectivity index (χ4v) is 4.74. The number of fused-ring (bicyclic) bond motifs is 3. The molecule has 1 aliphatic heterocycles. The van der Waals surface area contributed by atoms with Gasteiger partial charge in [0.2, 0.25) is 0 Å². The van der Waals surface area contributed by atoms with Crippen LogP contribution in [0.25, 0.3) is 12.2 Å². The molecular weight excluding hydrogens is 398 g/mol. The van der Waals surface area contributed by atoms with Crippen LogP contribution >= 0.6 is 0 Å². The van der Waals surface area contributed by atoms with Crippen LogP contribution in [0.2, 0.25) is 0 Å². The first-order chi connectivity index (χ1) is 15.6. The van der Waals surface area contributed by atoms with Crippen molar-refractivity contribution in [3.05, 3.63) is 64.3 Å². The summed E-state index contributed by atoms with van der Waals surface area (Å²) in [7, 11) is 1.70. The summed E-state index contributed by atoms with van der Waals surface area (Å²) in [6, 6.07) is 0.239. The van der Waals surface area contributed by atoms with E-state index in [-0.39, 0.29) is 18.1 Å². The van der Waals surface area contributed by atoms with Crippen molar-refractivity contribution in [2.75, 3.05) is 7.11 Å². The summed E-state index contributed by atoms with van der Waals surface area (Å²) < 4.78 is 5.28. The summed E-state index contributed by atoms with van der Waals surface area (Å²) >= 11 is 0. The largest absolute Gasteiger partial charge is 0.497 e. The fraction of sp³-hybridized carbons (Fsp3) is 0.423. The van der Waals surface area contributed by atoms with Gasteiger partial charge in [-0.15, -0.1) is 0 Å². The van der Waals surface area contributed by atoms with Crippen LogP contribution in [0.1, 0.15) is 60.2 Å². The number of aromatic nitrogens is 1. The molecule has 0 saturated heterocycles. The normalized spacial score (nSPS) is 24.0. The van der Waals surface area contributed by atoms with Crippen LogP contribution in [-0.2, 0) is 11.2 Å². The molecule has 1 aromatic rings. The maximum absolute atomic E-state index is 5.28. The summed E-state index contributed by atoms with van der Waals surface area (Å²) in [6.45, 7) is 8.22. The number of methoxy groups -OCH3 is 1. The van der Waals surface area contributed by atoms with Gasteiger partial charge in [0.25, 0.3) is 0 Å². The van der Waals surface area contributed by atoms with Crippen molar-refractivity contribution in [3.8, 4) is 0 Å². The lowest BCUT2D eigenvalue weighted by atomic mass is 9.82. The van der Waals surface area contributed by atoms with E-state index in [2.05, 4.69) is 71.8 Å². The average molecular weight is 432 g/mol. The number of hydrogen-bond acceptors (Lipinski definition) is 6. The smallest absolute Gasteiger partial charge is 0.118 e. The Morgan fingerprint density at radius 1 is 1.38 bits per heavy atom. The second-order valence-electron chi connectivity index (χ2n) is 8.57. The molecule has 32 heavy (non-hydrogen) atoms. The molecule has 6 heteroatoms. The number of ether oxygens (including phenoxy) is 1. The molecule has 0 spiro atoms. The predicted octanol–water partition coefficient (Wildman–Crippen LogP) is 4.49. The molecule has 168 valence electrons. The van der Waals surface area contributed by atoms with Crippen LogP contribution in [0.3, 0.4) is 0 Å². The third kappa shape index (κ3) is 4.54. The molecule has 2 aliphatic carbocycles. The Morgan fingerprint density at radius 3 is 2.97 bits per heavy atom. The molecule has 0 bridgehead atoms. The quantitative estimate of drug-likeness (QED) is 0.565. The minimum Gasteiger partial charge on any atom is -0.497 e. The molecule has 2 N–H and O–H groups in total. The van der Waals surface area contributed by atoms with Crippen LogP contribution in [0, 0.1) is 12.8 Å². The predicted molar refractivity (Wildman–Crippen MR) is 133 cm³/mol. The van der Waals surface area contributed by atoms with Gasteiger partial charge in [0.05, 0.1) is 24.5 Å². The number of hydrazone groups is 1. The van der Waals surface area contributed by atoms with Crippen molar-refractivity contribution in [3.63, 3.8) is 0 Å². The van der Waals surface area contributed by atoms with Crippen LogP contribution in [0.5, 0.6) is 0 Å². The third-order valence-corrected chi connectivity index (χ3v) is 6.49. The lowest BCUT2D eigenvalue weighted by molar-refractivity contribution is 0.300. The van der Waals surface area contributed by atoms with E-state index in [0.29, 0.717) is 5.92 Å². The molecule has 0 fully saturated rings. The molecule has 0 radical (unpaired) electrons. The number of allylic oxidation sites excluding steroid dienone is 3. The Morgan fingerprint density at radius 2 is 2.25 bits per heavy atom. The number of hydrogen-bond donors (Lipinski definition) is 2. The van der Waals surface area contributed by atoms with E-state index in [0.717, 1.165) is 42.8 Å². The van der Waals surface area contributed by atoms with Gasteiger partial charge in [-0.05, 0) is 79.8 Å². The minimum absolute atomic E-state index is 0.0480. The molecule has 4 unspecified atom stereocenters. The molecule has 2 heterocycles. The molecule has 1 aromatic heterocycles. The zero-order valence-corrected chi connectivity index (χ0v) is 19.2. The molecule has 0 aromatic carbocycles. The van der Waals surface area contributed by atoms with Crippen LogP contribution < -0.4 is 10.7 Å². The molecule has 0 saturated carbocycles. The molecule has 4 rings (SSSR count). The SMILES string of the molecule is C=NC(CC1C=CC(OC)=CC1)N/C=C/c1nc2c(c(C)c1CCC)C1C=NNC1C=C2.